The lowest BCUT2D eigenvalue weighted by atomic mass is 10.1. The normalized spacial score (nSPS) is 10.7. The van der Waals surface area contributed by atoms with E-state index < -0.39 is 5.91 Å². The zero-order chi connectivity index (χ0) is 25.3. The second kappa shape index (κ2) is 12.0. The van der Waals surface area contributed by atoms with Gasteiger partial charge in [-0.05, 0) is 41.8 Å². The van der Waals surface area contributed by atoms with Crippen LogP contribution in [0.3, 0.4) is 0 Å². The first kappa shape index (κ1) is 25.0. The van der Waals surface area contributed by atoms with Gasteiger partial charge in [0.25, 0.3) is 11.8 Å². The van der Waals surface area contributed by atoms with Gasteiger partial charge in [-0.3, -0.25) is 14.8 Å². The van der Waals surface area contributed by atoms with Crippen molar-refractivity contribution in [3.8, 4) is 0 Å². The molecule has 0 aliphatic rings. The summed E-state index contributed by atoms with van der Waals surface area (Å²) in [5.41, 5.74) is 3.72. The molecule has 0 spiro atoms. The van der Waals surface area contributed by atoms with Crippen LogP contribution in [0.1, 0.15) is 37.6 Å². The largest absolute Gasteiger partial charge is 0.351 e. The average molecular weight is 509 g/mol. The van der Waals surface area contributed by atoms with E-state index in [0.29, 0.717) is 35.2 Å². The number of benzene rings is 2. The highest BCUT2D eigenvalue weighted by atomic mass is 32.1. The number of amides is 2. The third-order valence-corrected chi connectivity index (χ3v) is 6.46. The van der Waals surface area contributed by atoms with Crippen LogP contribution in [-0.2, 0) is 19.6 Å². The van der Waals surface area contributed by atoms with Crippen LogP contribution in [0, 0.1) is 5.82 Å². The maximum Gasteiger partial charge on any atom is 0.274 e. The van der Waals surface area contributed by atoms with Crippen molar-refractivity contribution < 1.29 is 19.2 Å². The molecule has 2 heterocycles. The number of nitrogens with zero attached hydrogens (tertiary/aromatic N) is 4. The van der Waals surface area contributed by atoms with E-state index in [1.54, 1.807) is 60.6 Å². The van der Waals surface area contributed by atoms with Crippen molar-refractivity contribution in [3.63, 3.8) is 0 Å². The molecule has 4 rings (SSSR count). The fourth-order valence-corrected chi connectivity index (χ4v) is 4.36. The van der Waals surface area contributed by atoms with E-state index in [1.165, 1.54) is 23.5 Å². The monoisotopic (exact) mass is 508 g/mol. The number of aromatic nitrogens is 3. The molecule has 0 atom stereocenters. The third-order valence-electron chi connectivity index (χ3n) is 5.40. The molecule has 2 amide bonds. The SMILES string of the molecule is O=C(NO)c1ccc(CN(Cc2ccc(F)cc2)c2ncc(C(=O)NCCCn3ccnc3)s2)cc1. The van der Waals surface area contributed by atoms with Crippen molar-refractivity contribution >= 4 is 28.3 Å². The summed E-state index contributed by atoms with van der Waals surface area (Å²) in [6.45, 7) is 2.17. The van der Waals surface area contributed by atoms with Gasteiger partial charge in [-0.2, -0.15) is 0 Å². The Balaban J connectivity index is 1.44. The van der Waals surface area contributed by atoms with Crippen LogP contribution in [0.25, 0.3) is 0 Å². The highest BCUT2D eigenvalue weighted by Crippen LogP contribution is 2.26. The topological polar surface area (TPSA) is 112 Å². The van der Waals surface area contributed by atoms with Crippen LogP contribution in [0.2, 0.25) is 0 Å². The second-order valence-electron chi connectivity index (χ2n) is 8.04. The number of anilines is 1. The molecule has 0 fully saturated rings. The van der Waals surface area contributed by atoms with Gasteiger partial charge in [-0.1, -0.05) is 35.6 Å². The number of hydrogen-bond donors (Lipinski definition) is 3. The summed E-state index contributed by atoms with van der Waals surface area (Å²) in [6.07, 6.45) is 7.66. The van der Waals surface area contributed by atoms with Crippen molar-refractivity contribution in [1.82, 2.24) is 25.3 Å². The summed E-state index contributed by atoms with van der Waals surface area (Å²) < 4.78 is 15.4. The number of halogens is 1. The number of imidazole rings is 1. The summed E-state index contributed by atoms with van der Waals surface area (Å²) in [5, 5.41) is 12.4. The minimum absolute atomic E-state index is 0.189. The molecule has 3 N–H and O–H groups in total. The van der Waals surface area contributed by atoms with Gasteiger partial charge in [-0.15, -0.1) is 0 Å². The van der Waals surface area contributed by atoms with Crippen LogP contribution in [0.5, 0.6) is 0 Å². The molecule has 186 valence electrons. The molecule has 2 aromatic heterocycles. The lowest BCUT2D eigenvalue weighted by Gasteiger charge is -2.22. The Kier molecular flexibility index (Phi) is 8.37. The molecular weight excluding hydrogens is 483 g/mol. The van der Waals surface area contributed by atoms with Crippen molar-refractivity contribution in [3.05, 3.63) is 101 Å². The molecule has 0 unspecified atom stereocenters. The maximum atomic E-state index is 13.4. The predicted molar refractivity (Wildman–Crippen MR) is 133 cm³/mol. The fourth-order valence-electron chi connectivity index (χ4n) is 3.53. The first-order valence-corrected chi connectivity index (χ1v) is 12.1. The highest BCUT2D eigenvalue weighted by molar-refractivity contribution is 7.17. The van der Waals surface area contributed by atoms with Crippen LogP contribution in [0.15, 0.2) is 73.4 Å². The summed E-state index contributed by atoms with van der Waals surface area (Å²) in [6, 6.07) is 13.0. The third kappa shape index (κ3) is 6.74. The molecule has 2 aromatic carbocycles. The Bertz CT molecular complexity index is 1280. The number of thiazole rings is 1. The van der Waals surface area contributed by atoms with Crippen molar-refractivity contribution in [2.45, 2.75) is 26.1 Å². The van der Waals surface area contributed by atoms with E-state index in [-0.39, 0.29) is 11.7 Å². The second-order valence-corrected chi connectivity index (χ2v) is 9.05. The maximum absolute atomic E-state index is 13.4. The molecule has 0 saturated carbocycles. The van der Waals surface area contributed by atoms with Crippen molar-refractivity contribution in [2.24, 2.45) is 0 Å². The Hall–Kier alpha value is -4.09. The van der Waals surface area contributed by atoms with Gasteiger partial charge in [-0.25, -0.2) is 19.8 Å². The quantitative estimate of drug-likeness (QED) is 0.162. The van der Waals surface area contributed by atoms with Gasteiger partial charge in [0.1, 0.15) is 10.7 Å². The lowest BCUT2D eigenvalue weighted by Crippen LogP contribution is -2.24. The van der Waals surface area contributed by atoms with Crippen molar-refractivity contribution in [1.29, 1.82) is 0 Å². The molecule has 0 aliphatic heterocycles. The van der Waals surface area contributed by atoms with Crippen LogP contribution in [-0.4, -0.2) is 38.1 Å². The summed E-state index contributed by atoms with van der Waals surface area (Å²) >= 11 is 1.27. The van der Waals surface area contributed by atoms with Crippen molar-refractivity contribution in [2.75, 3.05) is 11.4 Å². The summed E-state index contributed by atoms with van der Waals surface area (Å²) in [4.78, 5) is 35.2. The van der Waals surface area contributed by atoms with E-state index in [4.69, 9.17) is 5.21 Å². The number of nitrogens with one attached hydrogen (secondary N) is 2. The Morgan fingerprint density at radius 1 is 1.03 bits per heavy atom. The molecule has 4 aromatic rings. The number of hydroxylamine groups is 1. The van der Waals surface area contributed by atoms with Crippen LogP contribution >= 0.6 is 11.3 Å². The van der Waals surface area contributed by atoms with Gasteiger partial charge in [0.15, 0.2) is 5.13 Å². The fraction of sp³-hybridized carbons (Fsp3) is 0.200. The molecule has 0 saturated heterocycles. The van der Waals surface area contributed by atoms with Crippen LogP contribution < -0.4 is 15.7 Å². The molecule has 0 aliphatic carbocycles. The molecule has 36 heavy (non-hydrogen) atoms. The van der Waals surface area contributed by atoms with E-state index >= 15 is 0 Å². The Labute approximate surface area is 211 Å². The number of hydrogen-bond acceptors (Lipinski definition) is 7. The van der Waals surface area contributed by atoms with Gasteiger partial charge in [0.05, 0.1) is 12.5 Å². The van der Waals surface area contributed by atoms with Gasteiger partial charge in [0, 0.05) is 44.1 Å². The van der Waals surface area contributed by atoms with E-state index in [2.05, 4.69) is 15.3 Å². The number of rotatable bonds is 11. The van der Waals surface area contributed by atoms with Crippen LogP contribution in [0.4, 0.5) is 9.52 Å². The van der Waals surface area contributed by atoms with E-state index in [0.717, 1.165) is 24.1 Å². The molecule has 0 radical (unpaired) electrons. The number of aryl methyl sites for hydroxylation is 1. The van der Waals surface area contributed by atoms with Gasteiger partial charge >= 0.3 is 0 Å². The van der Waals surface area contributed by atoms with Gasteiger partial charge < -0.3 is 14.8 Å². The molecule has 9 nitrogen and oxygen atoms in total. The summed E-state index contributed by atoms with van der Waals surface area (Å²) in [5.74, 6) is -1.10. The highest BCUT2D eigenvalue weighted by Gasteiger charge is 2.17. The smallest absolute Gasteiger partial charge is 0.274 e. The van der Waals surface area contributed by atoms with E-state index in [1.807, 2.05) is 15.7 Å². The minimum Gasteiger partial charge on any atom is -0.351 e. The first-order chi connectivity index (χ1) is 17.5. The lowest BCUT2D eigenvalue weighted by molar-refractivity contribution is 0.0706. The molecule has 11 heteroatoms. The molecule has 0 bridgehead atoms. The number of carbonyl (C=O) groups excluding carboxylic acids is 2. The first-order valence-electron chi connectivity index (χ1n) is 11.2. The Morgan fingerprint density at radius 3 is 2.36 bits per heavy atom. The molecular formula is C25H25FN6O3S. The minimum atomic E-state index is -0.592. The standard InChI is InChI=1S/C25H25FN6O3S/c26-21-8-4-19(5-9-21)16-32(15-18-2-6-20(7-3-18)23(33)30-35)25-29-14-22(36-25)24(34)28-10-1-12-31-13-11-27-17-31/h2-9,11,13-14,17,35H,1,10,12,15-16H2,(H,28,34)(H,30,33). The zero-order valence-electron chi connectivity index (χ0n) is 19.3. The number of carbonyl (C=O) groups is 2. The predicted octanol–water partition coefficient (Wildman–Crippen LogP) is 3.62. The zero-order valence-corrected chi connectivity index (χ0v) is 20.1. The average Bonchev–Trinajstić information content (AvgIpc) is 3.60. The van der Waals surface area contributed by atoms with Gasteiger partial charge in [0.2, 0.25) is 0 Å². The van der Waals surface area contributed by atoms with E-state index in [9.17, 15) is 14.0 Å². The Morgan fingerprint density at radius 2 is 1.72 bits per heavy atom. The summed E-state index contributed by atoms with van der Waals surface area (Å²) in [7, 11) is 0.